The minimum absolute atomic E-state index is 0.0172. The second-order valence-electron chi connectivity index (χ2n) is 7.51. The van der Waals surface area contributed by atoms with Gasteiger partial charge in [-0.05, 0) is 28.5 Å². The van der Waals surface area contributed by atoms with E-state index in [-0.39, 0.29) is 10.8 Å². The molecule has 2 heteroatoms. The predicted molar refractivity (Wildman–Crippen MR) is 82.9 cm³/mol. The lowest BCUT2D eigenvalue weighted by Crippen LogP contribution is -2.20. The molecule has 2 rings (SSSR count). The molecule has 0 saturated carbocycles. The van der Waals surface area contributed by atoms with E-state index < -0.39 is 0 Å². The van der Waals surface area contributed by atoms with Crippen LogP contribution in [0.25, 0.3) is 6.08 Å². The lowest BCUT2D eigenvalue weighted by Gasteiger charge is -2.30. The number of nitriles is 1. The Hall–Kier alpha value is -1.75. The fourth-order valence-corrected chi connectivity index (χ4v) is 2.35. The molecule has 0 aromatic heterocycles. The molecule has 0 unspecified atom stereocenters. The second kappa shape index (κ2) is 4.66. The molecule has 0 fully saturated rings. The van der Waals surface area contributed by atoms with Crippen molar-refractivity contribution in [1.29, 1.82) is 5.26 Å². The summed E-state index contributed by atoms with van der Waals surface area (Å²) >= 11 is 0. The van der Waals surface area contributed by atoms with Crippen molar-refractivity contribution in [3.8, 4) is 11.8 Å². The zero-order chi connectivity index (χ0) is 15.1. The van der Waals surface area contributed by atoms with Gasteiger partial charge in [0.1, 0.15) is 12.4 Å². The van der Waals surface area contributed by atoms with Gasteiger partial charge < -0.3 is 4.74 Å². The standard InChI is InChI=1S/C18H23NO/c1-17(2,3)14-8-13-7-12(10-19)11-20-16(13)15(9-14)18(4,5)6/h7-9H,11H2,1-6H3. The van der Waals surface area contributed by atoms with E-state index in [1.807, 2.05) is 6.08 Å². The topological polar surface area (TPSA) is 33.0 Å². The molecule has 0 N–H and O–H groups in total. The monoisotopic (exact) mass is 269 g/mol. The van der Waals surface area contributed by atoms with Crippen molar-refractivity contribution >= 4 is 6.08 Å². The Morgan fingerprint density at radius 2 is 1.70 bits per heavy atom. The maximum Gasteiger partial charge on any atom is 0.130 e. The van der Waals surface area contributed by atoms with Crippen LogP contribution in [-0.4, -0.2) is 6.61 Å². The second-order valence-corrected chi connectivity index (χ2v) is 7.51. The molecule has 0 amide bonds. The van der Waals surface area contributed by atoms with Crippen LogP contribution in [0.3, 0.4) is 0 Å². The number of hydrogen-bond donors (Lipinski definition) is 0. The molecule has 0 spiro atoms. The zero-order valence-electron chi connectivity index (χ0n) is 13.3. The average Bonchev–Trinajstić information content (AvgIpc) is 2.34. The van der Waals surface area contributed by atoms with Crippen molar-refractivity contribution in [2.24, 2.45) is 0 Å². The van der Waals surface area contributed by atoms with Crippen LogP contribution in [0.4, 0.5) is 0 Å². The summed E-state index contributed by atoms with van der Waals surface area (Å²) in [6.45, 7) is 13.6. The van der Waals surface area contributed by atoms with Gasteiger partial charge in [0, 0.05) is 11.1 Å². The molecule has 0 atom stereocenters. The number of ether oxygens (including phenoxy) is 1. The quantitative estimate of drug-likeness (QED) is 0.690. The highest BCUT2D eigenvalue weighted by molar-refractivity contribution is 5.69. The third-order valence-electron chi connectivity index (χ3n) is 3.64. The molecule has 1 heterocycles. The molecule has 1 aromatic carbocycles. The van der Waals surface area contributed by atoms with Crippen molar-refractivity contribution in [2.45, 2.75) is 52.4 Å². The molecule has 1 aliphatic rings. The maximum atomic E-state index is 9.08. The number of nitrogens with zero attached hydrogens (tertiary/aromatic N) is 1. The van der Waals surface area contributed by atoms with E-state index in [2.05, 4.69) is 59.7 Å². The molecule has 0 aliphatic carbocycles. The van der Waals surface area contributed by atoms with Gasteiger partial charge in [-0.25, -0.2) is 0 Å². The zero-order valence-corrected chi connectivity index (χ0v) is 13.3. The van der Waals surface area contributed by atoms with Gasteiger partial charge in [0.2, 0.25) is 0 Å². The lowest BCUT2D eigenvalue weighted by molar-refractivity contribution is 0.339. The summed E-state index contributed by atoms with van der Waals surface area (Å²) in [4.78, 5) is 0. The minimum Gasteiger partial charge on any atom is -0.487 e. The molecule has 0 radical (unpaired) electrons. The Bertz CT molecular complexity index is 604. The van der Waals surface area contributed by atoms with Crippen LogP contribution in [-0.2, 0) is 10.8 Å². The van der Waals surface area contributed by atoms with Crippen LogP contribution in [0.1, 0.15) is 58.2 Å². The fourth-order valence-electron chi connectivity index (χ4n) is 2.35. The van der Waals surface area contributed by atoms with Gasteiger partial charge in [-0.2, -0.15) is 5.26 Å². The van der Waals surface area contributed by atoms with E-state index in [1.54, 1.807) is 0 Å². The Morgan fingerprint density at radius 3 is 2.20 bits per heavy atom. The van der Waals surface area contributed by atoms with Crippen LogP contribution in [0, 0.1) is 11.3 Å². The van der Waals surface area contributed by atoms with Crippen LogP contribution in [0.5, 0.6) is 5.75 Å². The van der Waals surface area contributed by atoms with Gasteiger partial charge in [0.05, 0.1) is 11.6 Å². The van der Waals surface area contributed by atoms with E-state index in [0.717, 1.165) is 11.3 Å². The first kappa shape index (κ1) is 14.7. The van der Waals surface area contributed by atoms with Crippen LogP contribution in [0.15, 0.2) is 17.7 Å². The summed E-state index contributed by atoms with van der Waals surface area (Å²) in [5.74, 6) is 0.935. The first-order valence-corrected chi connectivity index (χ1v) is 7.05. The Kier molecular flexibility index (Phi) is 3.42. The Labute approximate surface area is 122 Å². The third-order valence-corrected chi connectivity index (χ3v) is 3.64. The number of fused-ring (bicyclic) bond motifs is 1. The highest BCUT2D eigenvalue weighted by Gasteiger charge is 2.27. The Morgan fingerprint density at radius 1 is 1.05 bits per heavy atom. The number of rotatable bonds is 0. The fraction of sp³-hybridized carbons (Fsp3) is 0.500. The first-order chi connectivity index (χ1) is 9.13. The average molecular weight is 269 g/mol. The van der Waals surface area contributed by atoms with Crippen molar-refractivity contribution < 1.29 is 4.74 Å². The molecule has 106 valence electrons. The van der Waals surface area contributed by atoms with E-state index in [0.29, 0.717) is 12.2 Å². The van der Waals surface area contributed by atoms with Gasteiger partial charge in [-0.3, -0.25) is 0 Å². The first-order valence-electron chi connectivity index (χ1n) is 7.05. The number of hydrogen-bond acceptors (Lipinski definition) is 2. The van der Waals surface area contributed by atoms with E-state index in [4.69, 9.17) is 10.00 Å². The smallest absolute Gasteiger partial charge is 0.130 e. The molecular weight excluding hydrogens is 246 g/mol. The van der Waals surface area contributed by atoms with Crippen molar-refractivity contribution in [1.82, 2.24) is 0 Å². The van der Waals surface area contributed by atoms with Crippen molar-refractivity contribution in [2.75, 3.05) is 6.61 Å². The van der Waals surface area contributed by atoms with Gasteiger partial charge in [0.15, 0.2) is 0 Å². The molecule has 0 saturated heterocycles. The molecule has 0 bridgehead atoms. The molecule has 2 nitrogen and oxygen atoms in total. The summed E-state index contributed by atoms with van der Waals surface area (Å²) in [6, 6.07) is 6.61. The number of benzene rings is 1. The summed E-state index contributed by atoms with van der Waals surface area (Å²) in [7, 11) is 0. The molecular formula is C18H23NO. The van der Waals surface area contributed by atoms with E-state index >= 15 is 0 Å². The summed E-state index contributed by atoms with van der Waals surface area (Å²) < 4.78 is 5.86. The molecule has 20 heavy (non-hydrogen) atoms. The van der Waals surface area contributed by atoms with Crippen molar-refractivity contribution in [3.05, 3.63) is 34.4 Å². The molecule has 1 aromatic rings. The van der Waals surface area contributed by atoms with Gasteiger partial charge in [0.25, 0.3) is 0 Å². The highest BCUT2D eigenvalue weighted by Crippen LogP contribution is 2.40. The largest absolute Gasteiger partial charge is 0.487 e. The summed E-state index contributed by atoms with van der Waals surface area (Å²) in [5.41, 5.74) is 4.30. The third kappa shape index (κ3) is 2.72. The summed E-state index contributed by atoms with van der Waals surface area (Å²) in [6.07, 6.45) is 1.96. The van der Waals surface area contributed by atoms with Crippen molar-refractivity contribution in [3.63, 3.8) is 0 Å². The van der Waals surface area contributed by atoms with Gasteiger partial charge >= 0.3 is 0 Å². The predicted octanol–water partition coefficient (Wildman–Crippen LogP) is 4.58. The van der Waals surface area contributed by atoms with Gasteiger partial charge in [-0.1, -0.05) is 47.6 Å². The van der Waals surface area contributed by atoms with E-state index in [1.165, 1.54) is 11.1 Å². The maximum absolute atomic E-state index is 9.08. The van der Waals surface area contributed by atoms with Crippen LogP contribution >= 0.6 is 0 Å². The molecule has 1 aliphatic heterocycles. The normalized spacial score (nSPS) is 14.9. The van der Waals surface area contributed by atoms with Crippen LogP contribution in [0.2, 0.25) is 0 Å². The summed E-state index contributed by atoms with van der Waals surface area (Å²) in [5, 5.41) is 9.08. The van der Waals surface area contributed by atoms with E-state index in [9.17, 15) is 0 Å². The SMILES string of the molecule is CC(C)(C)c1cc2c(c(C(C)(C)C)c1)OCC(C#N)=C2. The minimum atomic E-state index is 0.0172. The van der Waals surface area contributed by atoms with Gasteiger partial charge in [-0.15, -0.1) is 0 Å². The lowest BCUT2D eigenvalue weighted by atomic mass is 9.78. The highest BCUT2D eigenvalue weighted by atomic mass is 16.5. The Balaban J connectivity index is 2.72. The van der Waals surface area contributed by atoms with Crippen LogP contribution < -0.4 is 4.74 Å².